The van der Waals surface area contributed by atoms with Gasteiger partial charge in [-0.2, -0.15) is 5.26 Å². The highest BCUT2D eigenvalue weighted by Gasteiger charge is 2.08. The zero-order valence-electron chi connectivity index (χ0n) is 15.0. The number of nitriles is 1. The van der Waals surface area contributed by atoms with E-state index in [0.717, 1.165) is 11.1 Å². The summed E-state index contributed by atoms with van der Waals surface area (Å²) >= 11 is 12.1. The van der Waals surface area contributed by atoms with Crippen LogP contribution in [0.25, 0.3) is 11.6 Å². The van der Waals surface area contributed by atoms with Crippen LogP contribution in [-0.4, -0.2) is 4.92 Å². The van der Waals surface area contributed by atoms with Crippen molar-refractivity contribution < 1.29 is 9.66 Å². The molecule has 0 atom stereocenters. The number of ether oxygens (including phenoxy) is 1. The molecule has 3 rings (SSSR count). The molecule has 0 N–H and O–H groups in total. The summed E-state index contributed by atoms with van der Waals surface area (Å²) in [5.74, 6) is 0.616. The molecule has 0 unspecified atom stereocenters. The van der Waals surface area contributed by atoms with Crippen LogP contribution in [0.1, 0.15) is 16.7 Å². The number of nitro benzene ring substituents is 1. The van der Waals surface area contributed by atoms with Crippen LogP contribution in [0.15, 0.2) is 66.7 Å². The monoisotopic (exact) mass is 424 g/mol. The minimum absolute atomic E-state index is 0.0257. The third-order valence-corrected chi connectivity index (χ3v) is 4.68. The van der Waals surface area contributed by atoms with E-state index in [9.17, 15) is 15.4 Å². The first-order chi connectivity index (χ1) is 14.0. The highest BCUT2D eigenvalue weighted by Crippen LogP contribution is 2.25. The number of halogens is 2. The lowest BCUT2D eigenvalue weighted by molar-refractivity contribution is -0.384. The first kappa shape index (κ1) is 20.4. The molecule has 0 radical (unpaired) electrons. The van der Waals surface area contributed by atoms with Crippen molar-refractivity contribution in [1.82, 2.24) is 0 Å². The van der Waals surface area contributed by atoms with E-state index in [1.807, 2.05) is 12.1 Å². The molecule has 0 aliphatic heterocycles. The fraction of sp³-hybridized carbons (Fsp3) is 0.0455. The lowest BCUT2D eigenvalue weighted by Crippen LogP contribution is -1.96. The van der Waals surface area contributed by atoms with E-state index in [0.29, 0.717) is 26.9 Å². The van der Waals surface area contributed by atoms with Gasteiger partial charge in [-0.1, -0.05) is 41.4 Å². The van der Waals surface area contributed by atoms with Gasteiger partial charge < -0.3 is 4.74 Å². The molecule has 0 aliphatic carbocycles. The van der Waals surface area contributed by atoms with Crippen molar-refractivity contribution in [2.75, 3.05) is 0 Å². The number of nitrogens with zero attached hydrogens (tertiary/aromatic N) is 2. The third kappa shape index (κ3) is 5.35. The first-order valence-corrected chi connectivity index (χ1v) is 9.25. The lowest BCUT2D eigenvalue weighted by atomic mass is 10.0. The molecule has 5 nitrogen and oxygen atoms in total. The van der Waals surface area contributed by atoms with E-state index >= 15 is 0 Å². The van der Waals surface area contributed by atoms with Gasteiger partial charge in [0.1, 0.15) is 12.4 Å². The maximum Gasteiger partial charge on any atom is 0.269 e. The van der Waals surface area contributed by atoms with Crippen molar-refractivity contribution in [3.63, 3.8) is 0 Å². The Labute approximate surface area is 177 Å². The SMILES string of the molecule is N#C/C(=C/c1cccc(OCc2ccc(Cl)cc2Cl)c1)c1ccc([N+](=O)[O-])cc1. The zero-order valence-corrected chi connectivity index (χ0v) is 16.5. The molecule has 3 aromatic rings. The fourth-order valence-corrected chi connectivity index (χ4v) is 3.07. The second-order valence-corrected chi connectivity index (χ2v) is 6.91. The fourth-order valence-electron chi connectivity index (χ4n) is 2.60. The molecule has 0 saturated heterocycles. The summed E-state index contributed by atoms with van der Waals surface area (Å²) in [6.07, 6.45) is 1.70. The minimum atomic E-state index is -0.479. The second-order valence-electron chi connectivity index (χ2n) is 6.07. The molecule has 29 heavy (non-hydrogen) atoms. The van der Waals surface area contributed by atoms with Crippen LogP contribution in [0, 0.1) is 21.4 Å². The Bertz CT molecular complexity index is 1120. The average Bonchev–Trinajstić information content (AvgIpc) is 2.72. The molecule has 0 saturated carbocycles. The van der Waals surface area contributed by atoms with E-state index in [4.69, 9.17) is 27.9 Å². The summed E-state index contributed by atoms with van der Waals surface area (Å²) in [5, 5.41) is 21.3. The van der Waals surface area contributed by atoms with Gasteiger partial charge in [0.2, 0.25) is 0 Å². The summed E-state index contributed by atoms with van der Waals surface area (Å²) in [7, 11) is 0. The summed E-state index contributed by atoms with van der Waals surface area (Å²) in [5.41, 5.74) is 2.53. The summed E-state index contributed by atoms with van der Waals surface area (Å²) in [4.78, 5) is 10.3. The van der Waals surface area contributed by atoms with Crippen molar-refractivity contribution in [1.29, 1.82) is 5.26 Å². The molecular weight excluding hydrogens is 411 g/mol. The standard InChI is InChI=1S/C22H14Cl2N2O3/c23-19-7-4-17(22(24)12-19)14-29-21-3-1-2-15(11-21)10-18(13-25)16-5-8-20(9-6-16)26(27)28/h1-12H,14H2/b18-10-. The number of non-ortho nitro benzene ring substituents is 1. The zero-order chi connectivity index (χ0) is 20.8. The number of nitro groups is 1. The lowest BCUT2D eigenvalue weighted by Gasteiger charge is -2.09. The molecule has 0 fully saturated rings. The van der Waals surface area contributed by atoms with Gasteiger partial charge in [0.05, 0.1) is 16.6 Å². The molecule has 3 aromatic carbocycles. The number of allylic oxidation sites excluding steroid dienone is 1. The van der Waals surface area contributed by atoms with Crippen LogP contribution in [-0.2, 0) is 6.61 Å². The second kappa shape index (κ2) is 9.24. The largest absolute Gasteiger partial charge is 0.489 e. The Hall–Kier alpha value is -3.33. The van der Waals surface area contributed by atoms with Gasteiger partial charge in [0.25, 0.3) is 5.69 Å². The molecule has 0 heterocycles. The molecule has 7 heteroatoms. The van der Waals surface area contributed by atoms with Crippen LogP contribution >= 0.6 is 23.2 Å². The maximum absolute atomic E-state index is 10.8. The number of hydrogen-bond donors (Lipinski definition) is 0. The van der Waals surface area contributed by atoms with E-state index < -0.39 is 4.92 Å². The normalized spacial score (nSPS) is 11.0. The molecule has 0 aromatic heterocycles. The Morgan fingerprint density at radius 3 is 2.52 bits per heavy atom. The Morgan fingerprint density at radius 1 is 1.10 bits per heavy atom. The molecule has 144 valence electrons. The van der Waals surface area contributed by atoms with Crippen LogP contribution in [0.2, 0.25) is 10.0 Å². The number of benzene rings is 3. The van der Waals surface area contributed by atoms with Crippen LogP contribution in [0.3, 0.4) is 0 Å². The Morgan fingerprint density at radius 2 is 1.86 bits per heavy atom. The van der Waals surface area contributed by atoms with Crippen molar-refractivity contribution in [3.8, 4) is 11.8 Å². The van der Waals surface area contributed by atoms with Gasteiger partial charge >= 0.3 is 0 Å². The molecule has 0 aliphatic rings. The average molecular weight is 425 g/mol. The molecular formula is C22H14Cl2N2O3. The van der Waals surface area contributed by atoms with Crippen molar-refractivity contribution in [3.05, 3.63) is 104 Å². The number of rotatable bonds is 6. The molecule has 0 bridgehead atoms. The van der Waals surface area contributed by atoms with Gasteiger partial charge in [-0.15, -0.1) is 0 Å². The van der Waals surface area contributed by atoms with Crippen LogP contribution in [0.5, 0.6) is 5.75 Å². The van der Waals surface area contributed by atoms with Crippen LogP contribution in [0.4, 0.5) is 5.69 Å². The van der Waals surface area contributed by atoms with Crippen molar-refractivity contribution in [2.24, 2.45) is 0 Å². The highest BCUT2D eigenvalue weighted by molar-refractivity contribution is 6.35. The van der Waals surface area contributed by atoms with Gasteiger partial charge in [-0.3, -0.25) is 10.1 Å². The maximum atomic E-state index is 10.8. The van der Waals surface area contributed by atoms with Crippen molar-refractivity contribution >= 4 is 40.5 Å². The first-order valence-electron chi connectivity index (χ1n) is 8.49. The van der Waals surface area contributed by atoms with Gasteiger partial charge in [0, 0.05) is 27.7 Å². The van der Waals surface area contributed by atoms with E-state index in [1.165, 1.54) is 12.1 Å². The quantitative estimate of drug-likeness (QED) is 0.194. The Kier molecular flexibility index (Phi) is 6.50. The molecule has 0 amide bonds. The summed E-state index contributed by atoms with van der Waals surface area (Å²) in [6, 6.07) is 20.4. The number of hydrogen-bond acceptors (Lipinski definition) is 4. The molecule has 0 spiro atoms. The van der Waals surface area contributed by atoms with Gasteiger partial charge in [-0.25, -0.2) is 0 Å². The van der Waals surface area contributed by atoms with E-state index in [-0.39, 0.29) is 12.3 Å². The van der Waals surface area contributed by atoms with E-state index in [1.54, 1.807) is 48.5 Å². The predicted molar refractivity (Wildman–Crippen MR) is 114 cm³/mol. The smallest absolute Gasteiger partial charge is 0.269 e. The summed E-state index contributed by atoms with van der Waals surface area (Å²) < 4.78 is 5.80. The Balaban J connectivity index is 1.78. The van der Waals surface area contributed by atoms with Gasteiger partial charge in [0.15, 0.2) is 0 Å². The van der Waals surface area contributed by atoms with Gasteiger partial charge in [-0.05, 0) is 53.6 Å². The topological polar surface area (TPSA) is 76.2 Å². The highest BCUT2D eigenvalue weighted by atomic mass is 35.5. The third-order valence-electron chi connectivity index (χ3n) is 4.09. The summed E-state index contributed by atoms with van der Waals surface area (Å²) in [6.45, 7) is 0.274. The predicted octanol–water partition coefficient (Wildman–Crippen LogP) is 6.54. The van der Waals surface area contributed by atoms with Crippen molar-refractivity contribution in [2.45, 2.75) is 6.61 Å². The van der Waals surface area contributed by atoms with Crippen LogP contribution < -0.4 is 4.74 Å². The minimum Gasteiger partial charge on any atom is -0.489 e. The van der Waals surface area contributed by atoms with E-state index in [2.05, 4.69) is 6.07 Å².